The van der Waals surface area contributed by atoms with Gasteiger partial charge in [0.05, 0.1) is 22.5 Å². The molecule has 0 aliphatic heterocycles. The SMILES string of the molecule is O=C(Nc1ccc(NC(=O)[C@@H]2[C@@H](C(=O)O)[C@H]3C=C[C@@H]2C3)cc1Cl)C1CCCCC1. The summed E-state index contributed by atoms with van der Waals surface area (Å²) >= 11 is 6.33. The van der Waals surface area contributed by atoms with Crippen LogP contribution in [0, 0.1) is 29.6 Å². The van der Waals surface area contributed by atoms with E-state index >= 15 is 0 Å². The third-order valence-corrected chi connectivity index (χ3v) is 6.83. The zero-order valence-corrected chi connectivity index (χ0v) is 16.8. The lowest BCUT2D eigenvalue weighted by molar-refractivity contribution is -0.146. The van der Waals surface area contributed by atoms with E-state index in [-0.39, 0.29) is 29.6 Å². The fourth-order valence-corrected chi connectivity index (χ4v) is 5.26. The smallest absolute Gasteiger partial charge is 0.307 e. The van der Waals surface area contributed by atoms with Gasteiger partial charge in [-0.1, -0.05) is 43.0 Å². The number of amides is 2. The molecule has 4 atom stereocenters. The molecular formula is C22H25ClN2O4. The first kappa shape index (κ1) is 20.0. The Morgan fingerprint density at radius 3 is 2.28 bits per heavy atom. The first-order valence-electron chi connectivity index (χ1n) is 10.3. The summed E-state index contributed by atoms with van der Waals surface area (Å²) in [4.78, 5) is 36.8. The zero-order valence-electron chi connectivity index (χ0n) is 16.1. The van der Waals surface area contributed by atoms with Crippen molar-refractivity contribution in [1.29, 1.82) is 0 Å². The van der Waals surface area contributed by atoms with Gasteiger partial charge in [0, 0.05) is 11.6 Å². The Morgan fingerprint density at radius 2 is 1.62 bits per heavy atom. The monoisotopic (exact) mass is 416 g/mol. The maximum Gasteiger partial charge on any atom is 0.307 e. The number of anilines is 2. The summed E-state index contributed by atoms with van der Waals surface area (Å²) in [6.07, 6.45) is 9.71. The molecule has 0 unspecified atom stereocenters. The second-order valence-electron chi connectivity index (χ2n) is 8.35. The molecule has 1 aromatic carbocycles. The molecule has 0 aromatic heterocycles. The maximum absolute atomic E-state index is 12.8. The lowest BCUT2D eigenvalue weighted by atomic mass is 9.82. The largest absolute Gasteiger partial charge is 0.481 e. The van der Waals surface area contributed by atoms with Crippen LogP contribution in [0.4, 0.5) is 11.4 Å². The van der Waals surface area contributed by atoms with Crippen molar-refractivity contribution < 1.29 is 19.5 Å². The maximum atomic E-state index is 12.8. The lowest BCUT2D eigenvalue weighted by Gasteiger charge is -2.24. The summed E-state index contributed by atoms with van der Waals surface area (Å²) in [5.74, 6) is -2.59. The van der Waals surface area contributed by atoms with Crippen molar-refractivity contribution in [2.75, 3.05) is 10.6 Å². The third-order valence-electron chi connectivity index (χ3n) is 6.52. The van der Waals surface area contributed by atoms with Gasteiger partial charge >= 0.3 is 5.97 Å². The molecular weight excluding hydrogens is 392 g/mol. The van der Waals surface area contributed by atoms with Crippen molar-refractivity contribution in [1.82, 2.24) is 0 Å². The number of carboxylic acids is 1. The normalized spacial score (nSPS) is 28.3. The molecule has 3 aliphatic rings. The molecule has 2 saturated carbocycles. The van der Waals surface area contributed by atoms with Crippen LogP contribution >= 0.6 is 11.6 Å². The van der Waals surface area contributed by atoms with Crippen molar-refractivity contribution in [2.24, 2.45) is 29.6 Å². The van der Waals surface area contributed by atoms with Crippen LogP contribution in [0.2, 0.25) is 5.02 Å². The molecule has 1 aromatic rings. The van der Waals surface area contributed by atoms with Gasteiger partial charge in [0.15, 0.2) is 0 Å². The zero-order chi connectivity index (χ0) is 20.5. The van der Waals surface area contributed by atoms with Crippen molar-refractivity contribution in [3.8, 4) is 0 Å². The Morgan fingerprint density at radius 1 is 0.931 bits per heavy atom. The van der Waals surface area contributed by atoms with E-state index in [1.807, 2.05) is 12.2 Å². The summed E-state index contributed by atoms with van der Waals surface area (Å²) in [5.41, 5.74) is 1.01. The number of carbonyl (C=O) groups excluding carboxylic acids is 2. The third kappa shape index (κ3) is 4.04. The number of rotatable bonds is 5. The van der Waals surface area contributed by atoms with E-state index in [9.17, 15) is 19.5 Å². The van der Waals surface area contributed by atoms with E-state index in [1.165, 1.54) is 6.42 Å². The fraction of sp³-hybridized carbons (Fsp3) is 0.500. The molecule has 3 aliphatic carbocycles. The Labute approximate surface area is 174 Å². The Kier molecular flexibility index (Phi) is 5.63. The fourth-order valence-electron chi connectivity index (χ4n) is 5.04. The molecule has 3 N–H and O–H groups in total. The number of carbonyl (C=O) groups is 3. The first-order chi connectivity index (χ1) is 13.9. The van der Waals surface area contributed by atoms with Crippen LogP contribution in [0.5, 0.6) is 0 Å². The van der Waals surface area contributed by atoms with E-state index in [2.05, 4.69) is 10.6 Å². The molecule has 0 radical (unpaired) electrons. The molecule has 7 heteroatoms. The van der Waals surface area contributed by atoms with E-state index in [0.29, 0.717) is 22.8 Å². The highest BCUT2D eigenvalue weighted by Crippen LogP contribution is 2.48. The number of fused-ring (bicyclic) bond motifs is 2. The van der Waals surface area contributed by atoms with Crippen molar-refractivity contribution in [2.45, 2.75) is 38.5 Å². The molecule has 0 heterocycles. The predicted octanol–water partition coefficient (Wildman–Crippen LogP) is 4.32. The number of aliphatic carboxylic acids is 1. The van der Waals surface area contributed by atoms with E-state index in [0.717, 1.165) is 25.7 Å². The molecule has 29 heavy (non-hydrogen) atoms. The number of hydrogen-bond donors (Lipinski definition) is 3. The summed E-state index contributed by atoms with van der Waals surface area (Å²) in [6.45, 7) is 0. The highest BCUT2D eigenvalue weighted by molar-refractivity contribution is 6.34. The number of hydrogen-bond acceptors (Lipinski definition) is 3. The first-order valence-corrected chi connectivity index (χ1v) is 10.6. The standard InChI is InChI=1S/C22H25ClN2O4/c23-16-11-15(8-9-17(16)25-20(26)12-4-2-1-3-5-12)24-21(27)18-13-6-7-14(10-13)19(18)22(28)29/h6-9,11-14,18-19H,1-5,10H2,(H,24,27)(H,25,26)(H,28,29)/t13-,14+,18+,19+/m1/s1. The van der Waals surface area contributed by atoms with Crippen LogP contribution in [0.1, 0.15) is 38.5 Å². The Balaban J connectivity index is 1.41. The van der Waals surface area contributed by atoms with E-state index < -0.39 is 17.8 Å². The highest BCUT2D eigenvalue weighted by Gasteiger charge is 2.51. The average molecular weight is 417 g/mol. The van der Waals surface area contributed by atoms with Gasteiger partial charge in [-0.15, -0.1) is 0 Å². The summed E-state index contributed by atoms with van der Waals surface area (Å²) in [5, 5.41) is 15.6. The van der Waals surface area contributed by atoms with Crippen molar-refractivity contribution in [3.05, 3.63) is 35.4 Å². The van der Waals surface area contributed by atoms with Gasteiger partial charge in [0.1, 0.15) is 0 Å². The summed E-state index contributed by atoms with van der Waals surface area (Å²) in [7, 11) is 0. The minimum Gasteiger partial charge on any atom is -0.481 e. The number of nitrogens with one attached hydrogen (secondary N) is 2. The molecule has 2 fully saturated rings. The van der Waals surface area contributed by atoms with Gasteiger partial charge in [0.2, 0.25) is 11.8 Å². The van der Waals surface area contributed by atoms with Gasteiger partial charge in [-0.3, -0.25) is 14.4 Å². The van der Waals surface area contributed by atoms with Gasteiger partial charge in [-0.25, -0.2) is 0 Å². The van der Waals surface area contributed by atoms with Gasteiger partial charge < -0.3 is 15.7 Å². The topological polar surface area (TPSA) is 95.5 Å². The van der Waals surface area contributed by atoms with Gasteiger partial charge in [-0.05, 0) is 49.3 Å². The quantitative estimate of drug-likeness (QED) is 0.623. The number of allylic oxidation sites excluding steroid dienone is 2. The second-order valence-corrected chi connectivity index (χ2v) is 8.75. The van der Waals surface area contributed by atoms with Crippen molar-refractivity contribution >= 4 is 40.8 Å². The summed E-state index contributed by atoms with van der Waals surface area (Å²) < 4.78 is 0. The minimum atomic E-state index is -0.930. The Hall–Kier alpha value is -2.34. The molecule has 2 bridgehead atoms. The van der Waals surface area contributed by atoms with Gasteiger partial charge in [-0.2, -0.15) is 0 Å². The molecule has 0 spiro atoms. The predicted molar refractivity (Wildman–Crippen MR) is 111 cm³/mol. The van der Waals surface area contributed by atoms with Crippen molar-refractivity contribution in [3.63, 3.8) is 0 Å². The molecule has 2 amide bonds. The second kappa shape index (κ2) is 8.19. The Bertz CT molecular complexity index is 862. The molecule has 4 rings (SSSR count). The average Bonchev–Trinajstić information content (AvgIpc) is 3.32. The van der Waals surface area contributed by atoms with E-state index in [1.54, 1.807) is 18.2 Å². The highest BCUT2D eigenvalue weighted by atomic mass is 35.5. The number of carboxylic acid groups (broad SMARTS) is 1. The van der Waals surface area contributed by atoms with E-state index in [4.69, 9.17) is 11.6 Å². The minimum absolute atomic E-state index is 0.0125. The molecule has 6 nitrogen and oxygen atoms in total. The summed E-state index contributed by atoms with van der Waals surface area (Å²) in [6, 6.07) is 4.95. The van der Waals surface area contributed by atoms with Gasteiger partial charge in [0.25, 0.3) is 0 Å². The van der Waals surface area contributed by atoms with Crippen LogP contribution in [0.3, 0.4) is 0 Å². The lowest BCUT2D eigenvalue weighted by Crippen LogP contribution is -2.36. The van der Waals surface area contributed by atoms with Crippen LogP contribution in [-0.2, 0) is 14.4 Å². The molecule has 154 valence electrons. The van der Waals surface area contributed by atoms with Crippen LogP contribution in [0.25, 0.3) is 0 Å². The van der Waals surface area contributed by atoms with Crippen LogP contribution in [-0.4, -0.2) is 22.9 Å². The molecule has 0 saturated heterocycles. The number of halogens is 1. The van der Waals surface area contributed by atoms with Crippen LogP contribution in [0.15, 0.2) is 30.4 Å². The van der Waals surface area contributed by atoms with Crippen LogP contribution < -0.4 is 10.6 Å². The number of benzene rings is 1.